The van der Waals surface area contributed by atoms with Crippen LogP contribution in [-0.2, 0) is 6.61 Å². The fourth-order valence-electron chi connectivity index (χ4n) is 2.39. The highest BCUT2D eigenvalue weighted by Gasteiger charge is 2.27. The number of aliphatic hydroxyl groups excluding tert-OH is 2. The lowest BCUT2D eigenvalue weighted by atomic mass is 10.0. The van der Waals surface area contributed by atoms with E-state index in [1.54, 1.807) is 6.20 Å². The van der Waals surface area contributed by atoms with Gasteiger partial charge < -0.3 is 15.1 Å². The normalized spacial score (nSPS) is 21.9. The van der Waals surface area contributed by atoms with Gasteiger partial charge in [0.2, 0.25) is 0 Å². The third kappa shape index (κ3) is 2.58. The van der Waals surface area contributed by atoms with E-state index in [9.17, 15) is 10.2 Å². The van der Waals surface area contributed by atoms with E-state index in [-0.39, 0.29) is 12.7 Å². The fourth-order valence-corrected chi connectivity index (χ4v) is 2.39. The van der Waals surface area contributed by atoms with Gasteiger partial charge in [-0.1, -0.05) is 0 Å². The minimum absolute atomic E-state index is 0.0124. The van der Waals surface area contributed by atoms with Crippen LogP contribution in [0.2, 0.25) is 0 Å². The maximum absolute atomic E-state index is 9.61. The number of pyridine rings is 1. The summed E-state index contributed by atoms with van der Waals surface area (Å²) < 4.78 is 0. The molecule has 1 aromatic heterocycles. The molecule has 1 aliphatic rings. The maximum Gasteiger partial charge on any atom is 0.0717 e. The predicted molar refractivity (Wildman–Crippen MR) is 66.9 cm³/mol. The first kappa shape index (κ1) is 12.3. The summed E-state index contributed by atoms with van der Waals surface area (Å²) in [5.74, 6) is 0.329. The standard InChI is InChI=1S/C13H20N2O2/c1-9-5-13(12(8-16)6-14-9)15-4-3-11(7-15)10(2)17/h5-6,10-11,16-17H,3-4,7-8H2,1-2H3. The highest BCUT2D eigenvalue weighted by Crippen LogP contribution is 2.28. The largest absolute Gasteiger partial charge is 0.393 e. The molecule has 1 saturated heterocycles. The van der Waals surface area contributed by atoms with Crippen LogP contribution < -0.4 is 4.90 Å². The second kappa shape index (κ2) is 5.02. The third-order valence-corrected chi connectivity index (χ3v) is 3.52. The van der Waals surface area contributed by atoms with Crippen molar-refractivity contribution in [2.24, 2.45) is 5.92 Å². The van der Waals surface area contributed by atoms with Crippen molar-refractivity contribution < 1.29 is 10.2 Å². The topological polar surface area (TPSA) is 56.6 Å². The molecule has 1 aromatic rings. The number of hydrogen-bond donors (Lipinski definition) is 2. The first-order chi connectivity index (χ1) is 8.11. The number of rotatable bonds is 3. The molecule has 2 N–H and O–H groups in total. The van der Waals surface area contributed by atoms with Gasteiger partial charge in [0.15, 0.2) is 0 Å². The van der Waals surface area contributed by atoms with Gasteiger partial charge in [-0.05, 0) is 26.3 Å². The lowest BCUT2D eigenvalue weighted by Gasteiger charge is -2.22. The van der Waals surface area contributed by atoms with E-state index >= 15 is 0 Å². The molecular weight excluding hydrogens is 216 g/mol. The Morgan fingerprint density at radius 3 is 2.94 bits per heavy atom. The van der Waals surface area contributed by atoms with Crippen LogP contribution in [0, 0.1) is 12.8 Å². The molecule has 0 bridgehead atoms. The summed E-state index contributed by atoms with van der Waals surface area (Å²) in [6, 6.07) is 2.01. The van der Waals surface area contributed by atoms with Crippen molar-refractivity contribution >= 4 is 5.69 Å². The molecule has 4 heteroatoms. The molecule has 17 heavy (non-hydrogen) atoms. The lowest BCUT2D eigenvalue weighted by Crippen LogP contribution is -2.25. The number of aryl methyl sites for hydroxylation is 1. The summed E-state index contributed by atoms with van der Waals surface area (Å²) in [5, 5.41) is 18.9. The van der Waals surface area contributed by atoms with Crippen molar-refractivity contribution in [1.29, 1.82) is 0 Å². The molecule has 2 heterocycles. The molecule has 1 aliphatic heterocycles. The Balaban J connectivity index is 2.20. The Morgan fingerprint density at radius 1 is 1.59 bits per heavy atom. The van der Waals surface area contributed by atoms with E-state index < -0.39 is 0 Å². The van der Waals surface area contributed by atoms with Crippen molar-refractivity contribution in [2.75, 3.05) is 18.0 Å². The monoisotopic (exact) mass is 236 g/mol. The van der Waals surface area contributed by atoms with Gasteiger partial charge in [-0.2, -0.15) is 0 Å². The molecule has 2 unspecified atom stereocenters. The van der Waals surface area contributed by atoms with Crippen molar-refractivity contribution in [1.82, 2.24) is 4.98 Å². The second-order valence-electron chi connectivity index (χ2n) is 4.85. The molecule has 2 rings (SSSR count). The number of nitrogens with zero attached hydrogens (tertiary/aromatic N) is 2. The van der Waals surface area contributed by atoms with Crippen LogP contribution in [0.3, 0.4) is 0 Å². The van der Waals surface area contributed by atoms with E-state index in [2.05, 4.69) is 9.88 Å². The number of aromatic nitrogens is 1. The quantitative estimate of drug-likeness (QED) is 0.825. The Bertz CT molecular complexity index is 393. The minimum Gasteiger partial charge on any atom is -0.393 e. The van der Waals surface area contributed by atoms with Crippen molar-refractivity contribution in [3.8, 4) is 0 Å². The average molecular weight is 236 g/mol. The lowest BCUT2D eigenvalue weighted by molar-refractivity contribution is 0.136. The van der Waals surface area contributed by atoms with Crippen molar-refractivity contribution in [3.05, 3.63) is 23.5 Å². The summed E-state index contributed by atoms with van der Waals surface area (Å²) in [6.07, 6.45) is 2.48. The first-order valence-corrected chi connectivity index (χ1v) is 6.11. The molecule has 94 valence electrons. The van der Waals surface area contributed by atoms with Crippen LogP contribution in [0.4, 0.5) is 5.69 Å². The molecule has 0 spiro atoms. The van der Waals surface area contributed by atoms with Gasteiger partial charge in [-0.3, -0.25) is 4.98 Å². The van der Waals surface area contributed by atoms with Gasteiger partial charge in [0.1, 0.15) is 0 Å². The Labute approximate surface area is 102 Å². The summed E-state index contributed by atoms with van der Waals surface area (Å²) in [7, 11) is 0. The smallest absolute Gasteiger partial charge is 0.0717 e. The zero-order valence-electron chi connectivity index (χ0n) is 10.4. The number of hydrogen-bond acceptors (Lipinski definition) is 4. The van der Waals surface area contributed by atoms with Crippen LogP contribution in [0.25, 0.3) is 0 Å². The van der Waals surface area contributed by atoms with Crippen LogP contribution in [0.15, 0.2) is 12.3 Å². The van der Waals surface area contributed by atoms with Crippen molar-refractivity contribution in [3.63, 3.8) is 0 Å². The molecule has 1 fully saturated rings. The van der Waals surface area contributed by atoms with Crippen molar-refractivity contribution in [2.45, 2.75) is 33.0 Å². The van der Waals surface area contributed by atoms with Gasteiger partial charge in [-0.25, -0.2) is 0 Å². The highest BCUT2D eigenvalue weighted by molar-refractivity contribution is 5.54. The summed E-state index contributed by atoms with van der Waals surface area (Å²) >= 11 is 0. The summed E-state index contributed by atoms with van der Waals surface area (Å²) in [6.45, 7) is 5.60. The molecule has 0 amide bonds. The predicted octanol–water partition coefficient (Wildman–Crippen LogP) is 1.09. The third-order valence-electron chi connectivity index (χ3n) is 3.52. The second-order valence-corrected chi connectivity index (χ2v) is 4.85. The number of anilines is 1. The van der Waals surface area contributed by atoms with Gasteiger partial charge in [0.25, 0.3) is 0 Å². The molecule has 2 atom stereocenters. The maximum atomic E-state index is 9.61. The Kier molecular flexibility index (Phi) is 3.64. The van der Waals surface area contributed by atoms with E-state index in [4.69, 9.17) is 0 Å². The first-order valence-electron chi connectivity index (χ1n) is 6.11. The summed E-state index contributed by atoms with van der Waals surface area (Å²) in [5.41, 5.74) is 2.88. The molecular formula is C13H20N2O2. The zero-order chi connectivity index (χ0) is 12.4. The average Bonchev–Trinajstić information content (AvgIpc) is 2.78. The van der Waals surface area contributed by atoms with E-state index in [1.807, 2.05) is 19.9 Å². The summed E-state index contributed by atoms with van der Waals surface area (Å²) in [4.78, 5) is 6.43. The Morgan fingerprint density at radius 2 is 2.35 bits per heavy atom. The van der Waals surface area contributed by atoms with Crippen LogP contribution in [0.5, 0.6) is 0 Å². The van der Waals surface area contributed by atoms with Gasteiger partial charge >= 0.3 is 0 Å². The van der Waals surface area contributed by atoms with Gasteiger partial charge in [0, 0.05) is 42.1 Å². The van der Waals surface area contributed by atoms with Gasteiger partial charge in [0.05, 0.1) is 12.7 Å². The van der Waals surface area contributed by atoms with E-state index in [1.165, 1.54) is 0 Å². The van der Waals surface area contributed by atoms with E-state index in [0.29, 0.717) is 5.92 Å². The molecule has 0 aromatic carbocycles. The molecule has 0 radical (unpaired) electrons. The zero-order valence-corrected chi connectivity index (χ0v) is 10.4. The molecule has 0 aliphatic carbocycles. The highest BCUT2D eigenvalue weighted by atomic mass is 16.3. The minimum atomic E-state index is -0.263. The molecule has 4 nitrogen and oxygen atoms in total. The van der Waals surface area contributed by atoms with Gasteiger partial charge in [-0.15, -0.1) is 0 Å². The number of aliphatic hydroxyl groups is 2. The van der Waals surface area contributed by atoms with E-state index in [0.717, 1.165) is 36.5 Å². The van der Waals surface area contributed by atoms with Crippen LogP contribution >= 0.6 is 0 Å². The fraction of sp³-hybridized carbons (Fsp3) is 0.615. The molecule has 0 saturated carbocycles. The van der Waals surface area contributed by atoms with Crippen LogP contribution in [-0.4, -0.2) is 34.4 Å². The SMILES string of the molecule is Cc1cc(N2CCC(C(C)O)C2)c(CO)cn1. The Hall–Kier alpha value is -1.13. The van der Waals surface area contributed by atoms with Crippen LogP contribution in [0.1, 0.15) is 24.6 Å².